The van der Waals surface area contributed by atoms with Gasteiger partial charge in [0.2, 0.25) is 11.8 Å². The van der Waals surface area contributed by atoms with Crippen LogP contribution in [0.4, 0.5) is 4.79 Å². The van der Waals surface area contributed by atoms with Gasteiger partial charge in [0.25, 0.3) is 0 Å². The van der Waals surface area contributed by atoms with Gasteiger partial charge in [0.05, 0.1) is 13.1 Å². The number of carbonyl (C=O) groups is 3. The Morgan fingerprint density at radius 1 is 0.912 bits per heavy atom. The van der Waals surface area contributed by atoms with Crippen molar-refractivity contribution in [2.24, 2.45) is 0 Å². The van der Waals surface area contributed by atoms with Crippen LogP contribution >= 0.6 is 0 Å². The lowest BCUT2D eigenvalue weighted by Gasteiger charge is -2.51. The predicted octanol–water partition coefficient (Wildman–Crippen LogP) is 2.41. The summed E-state index contributed by atoms with van der Waals surface area (Å²) < 4.78 is 0. The molecule has 0 radical (unpaired) electrons. The van der Waals surface area contributed by atoms with Gasteiger partial charge < -0.3 is 15.1 Å². The number of carbonyl (C=O) groups excluding carboxylic acids is 3. The number of fused-ring (bicyclic) bond motifs is 2. The third kappa shape index (κ3) is 4.20. The molecule has 3 aromatic carbocycles. The highest BCUT2D eigenvalue weighted by Crippen LogP contribution is 2.25. The molecule has 0 saturated carbocycles. The number of benzene rings is 3. The van der Waals surface area contributed by atoms with Crippen LogP contribution in [0, 0.1) is 0 Å². The molecule has 34 heavy (non-hydrogen) atoms. The smallest absolute Gasteiger partial charge is 0.333 e. The van der Waals surface area contributed by atoms with Crippen molar-refractivity contribution in [1.82, 2.24) is 25.1 Å². The summed E-state index contributed by atoms with van der Waals surface area (Å²) >= 11 is 0. The SMILES string of the molecule is CN1CC(=O)N2CC(=O)N(Cc3cccc4ccccc34)C[C@@H]2N1C(=O)NCc1ccccc1. The summed E-state index contributed by atoms with van der Waals surface area (Å²) in [5.74, 6) is -0.274. The van der Waals surface area contributed by atoms with Crippen LogP contribution in [0.5, 0.6) is 0 Å². The van der Waals surface area contributed by atoms with E-state index in [-0.39, 0.29) is 37.5 Å². The summed E-state index contributed by atoms with van der Waals surface area (Å²) in [5, 5.41) is 8.35. The van der Waals surface area contributed by atoms with Crippen molar-refractivity contribution in [1.29, 1.82) is 0 Å². The summed E-state index contributed by atoms with van der Waals surface area (Å²) in [5.41, 5.74) is 2.02. The molecule has 2 aliphatic heterocycles. The van der Waals surface area contributed by atoms with E-state index in [1.807, 2.05) is 72.8 Å². The molecule has 1 N–H and O–H groups in total. The van der Waals surface area contributed by atoms with E-state index in [9.17, 15) is 14.4 Å². The Hall–Kier alpha value is -3.91. The monoisotopic (exact) mass is 457 g/mol. The average molecular weight is 458 g/mol. The van der Waals surface area contributed by atoms with E-state index in [1.165, 1.54) is 4.90 Å². The molecule has 174 valence electrons. The normalized spacial score (nSPS) is 18.9. The predicted molar refractivity (Wildman–Crippen MR) is 128 cm³/mol. The summed E-state index contributed by atoms with van der Waals surface area (Å²) in [7, 11) is 1.73. The Morgan fingerprint density at radius 2 is 1.65 bits per heavy atom. The standard InChI is InChI=1S/C26H27N5O3/c1-28-17-25(33)30-18-24(32)29(15-21-12-7-11-20-10-5-6-13-22(20)21)16-23(30)31(28)26(34)27-14-19-8-3-2-4-9-19/h2-13,23H,14-18H2,1H3,(H,27,34)/t23-/m0/s1. The lowest BCUT2D eigenvalue weighted by atomic mass is 10.0. The van der Waals surface area contributed by atoms with Crippen molar-refractivity contribution < 1.29 is 14.4 Å². The van der Waals surface area contributed by atoms with Crippen molar-refractivity contribution in [2.45, 2.75) is 19.3 Å². The van der Waals surface area contributed by atoms with E-state index in [0.29, 0.717) is 13.1 Å². The van der Waals surface area contributed by atoms with Crippen molar-refractivity contribution in [2.75, 3.05) is 26.7 Å². The minimum atomic E-state index is -0.560. The van der Waals surface area contributed by atoms with Gasteiger partial charge in [-0.1, -0.05) is 72.8 Å². The van der Waals surface area contributed by atoms with Gasteiger partial charge in [-0.2, -0.15) is 0 Å². The van der Waals surface area contributed by atoms with E-state index < -0.39 is 6.17 Å². The second-order valence-electron chi connectivity index (χ2n) is 8.72. The van der Waals surface area contributed by atoms with Crippen molar-refractivity contribution >= 4 is 28.6 Å². The highest BCUT2D eigenvalue weighted by molar-refractivity contribution is 5.90. The third-order valence-electron chi connectivity index (χ3n) is 6.47. The van der Waals surface area contributed by atoms with Gasteiger partial charge in [0.15, 0.2) is 0 Å². The lowest BCUT2D eigenvalue weighted by molar-refractivity contribution is -0.178. The Labute approximate surface area is 198 Å². The molecular weight excluding hydrogens is 430 g/mol. The van der Waals surface area contributed by atoms with Crippen molar-refractivity contribution in [3.63, 3.8) is 0 Å². The lowest BCUT2D eigenvalue weighted by Crippen LogP contribution is -2.73. The number of rotatable bonds is 4. The molecule has 0 bridgehead atoms. The van der Waals surface area contributed by atoms with Gasteiger partial charge in [-0.05, 0) is 21.9 Å². The summed E-state index contributed by atoms with van der Waals surface area (Å²) in [4.78, 5) is 42.2. The zero-order chi connectivity index (χ0) is 23.7. The number of amides is 4. The highest BCUT2D eigenvalue weighted by atomic mass is 16.2. The van der Waals surface area contributed by atoms with Crippen LogP contribution in [-0.4, -0.2) is 70.5 Å². The van der Waals surface area contributed by atoms with Crippen LogP contribution in [0.15, 0.2) is 72.8 Å². The molecule has 2 fully saturated rings. The van der Waals surface area contributed by atoms with Gasteiger partial charge in [-0.15, -0.1) is 0 Å². The van der Waals surface area contributed by atoms with E-state index in [2.05, 4.69) is 5.32 Å². The zero-order valence-corrected chi connectivity index (χ0v) is 19.1. The highest BCUT2D eigenvalue weighted by Gasteiger charge is 2.45. The van der Waals surface area contributed by atoms with Gasteiger partial charge in [0.1, 0.15) is 12.7 Å². The van der Waals surface area contributed by atoms with Gasteiger partial charge in [-0.25, -0.2) is 14.8 Å². The van der Waals surface area contributed by atoms with Crippen molar-refractivity contribution in [3.8, 4) is 0 Å². The van der Waals surface area contributed by atoms with Crippen LogP contribution in [0.2, 0.25) is 0 Å². The molecule has 0 spiro atoms. The van der Waals surface area contributed by atoms with E-state index >= 15 is 0 Å². The topological polar surface area (TPSA) is 76.2 Å². The Bertz CT molecular complexity index is 1230. The minimum absolute atomic E-state index is 0.0371. The van der Waals surface area contributed by atoms with Crippen LogP contribution in [-0.2, 0) is 22.7 Å². The van der Waals surface area contributed by atoms with Crippen molar-refractivity contribution in [3.05, 3.63) is 83.9 Å². The van der Waals surface area contributed by atoms with Crippen LogP contribution in [0.3, 0.4) is 0 Å². The summed E-state index contributed by atoms with van der Waals surface area (Å²) in [6.07, 6.45) is -0.560. The first-order valence-electron chi connectivity index (χ1n) is 11.4. The number of nitrogens with one attached hydrogen (secondary N) is 1. The molecule has 2 heterocycles. The first-order valence-corrected chi connectivity index (χ1v) is 11.4. The van der Waals surface area contributed by atoms with Gasteiger partial charge in [-0.3, -0.25) is 9.59 Å². The minimum Gasteiger partial charge on any atom is -0.333 e. The summed E-state index contributed by atoms with van der Waals surface area (Å²) in [6.45, 7) is 1.05. The molecule has 8 nitrogen and oxygen atoms in total. The molecular formula is C26H27N5O3. The second-order valence-corrected chi connectivity index (χ2v) is 8.72. The molecule has 0 aliphatic carbocycles. The van der Waals surface area contributed by atoms with Crippen LogP contribution < -0.4 is 5.32 Å². The molecule has 5 rings (SSSR count). The maximum atomic E-state index is 13.2. The largest absolute Gasteiger partial charge is 0.334 e. The fourth-order valence-corrected chi connectivity index (χ4v) is 4.74. The number of piperazine rings is 1. The molecule has 3 aromatic rings. The average Bonchev–Trinajstić information content (AvgIpc) is 2.85. The number of likely N-dealkylation sites (N-methyl/N-ethyl adjacent to an activating group) is 1. The number of hydrogen-bond donors (Lipinski definition) is 1. The molecule has 1 atom stereocenters. The maximum Gasteiger partial charge on any atom is 0.334 e. The van der Waals surface area contributed by atoms with Crippen LogP contribution in [0.25, 0.3) is 10.8 Å². The Morgan fingerprint density at radius 3 is 2.47 bits per heavy atom. The maximum absolute atomic E-state index is 13.2. The van der Waals surface area contributed by atoms with E-state index in [0.717, 1.165) is 21.9 Å². The molecule has 0 aromatic heterocycles. The van der Waals surface area contributed by atoms with Crippen LogP contribution in [0.1, 0.15) is 11.1 Å². The molecule has 2 aliphatic rings. The molecule has 0 unspecified atom stereocenters. The number of hydrogen-bond acceptors (Lipinski definition) is 4. The number of nitrogens with zero attached hydrogens (tertiary/aromatic N) is 4. The third-order valence-corrected chi connectivity index (χ3v) is 6.47. The van der Waals surface area contributed by atoms with E-state index in [1.54, 1.807) is 22.0 Å². The zero-order valence-electron chi connectivity index (χ0n) is 19.1. The first-order chi connectivity index (χ1) is 16.5. The Kier molecular flexibility index (Phi) is 5.90. The summed E-state index contributed by atoms with van der Waals surface area (Å²) in [6, 6.07) is 23.5. The van der Waals surface area contributed by atoms with Gasteiger partial charge in [0, 0.05) is 20.1 Å². The second kappa shape index (κ2) is 9.15. The fourth-order valence-electron chi connectivity index (χ4n) is 4.74. The number of hydrazine groups is 1. The quantitative estimate of drug-likeness (QED) is 0.653. The first kappa shape index (κ1) is 21.9. The number of urea groups is 1. The Balaban J connectivity index is 1.37. The van der Waals surface area contributed by atoms with E-state index in [4.69, 9.17) is 0 Å². The fraction of sp³-hybridized carbons (Fsp3) is 0.269. The molecule has 4 amide bonds. The molecule has 2 saturated heterocycles. The molecule has 8 heteroatoms. The van der Waals surface area contributed by atoms with Gasteiger partial charge >= 0.3 is 6.03 Å².